The maximum Gasteiger partial charge on any atom is 0.322 e. The first-order valence-corrected chi connectivity index (χ1v) is 4.89. The lowest BCUT2D eigenvalue weighted by atomic mass is 10.2. The summed E-state index contributed by atoms with van der Waals surface area (Å²) < 4.78 is 0. The molecule has 0 aliphatic rings. The number of urea groups is 1. The van der Waals surface area contributed by atoms with Gasteiger partial charge in [-0.05, 0) is 12.1 Å². The van der Waals surface area contributed by atoms with Crippen LogP contribution in [0.4, 0.5) is 10.6 Å². The number of hydrogen-bond acceptors (Lipinski definition) is 3. The number of amides is 2. The smallest absolute Gasteiger partial charge is 0.322 e. The number of para-hydroxylation sites is 1. The number of carbonyl (C=O) groups is 1. The van der Waals surface area contributed by atoms with Gasteiger partial charge in [0.25, 0.3) is 0 Å². The van der Waals surface area contributed by atoms with E-state index in [4.69, 9.17) is 0 Å². The number of anilines is 1. The number of rotatable bonds is 1. The number of aromatic nitrogens is 2. The lowest BCUT2D eigenvalue weighted by Crippen LogP contribution is -2.35. The van der Waals surface area contributed by atoms with Gasteiger partial charge in [-0.1, -0.05) is 12.1 Å². The Bertz CT molecular complexity index is 521. The molecule has 1 heterocycles. The lowest BCUT2D eigenvalue weighted by Gasteiger charge is -2.16. The normalized spacial score (nSPS) is 10.1. The van der Waals surface area contributed by atoms with E-state index in [1.54, 1.807) is 14.1 Å². The number of carbonyl (C=O) groups excluding carboxylic acids is 1. The van der Waals surface area contributed by atoms with Gasteiger partial charge < -0.3 is 5.32 Å². The molecule has 1 N–H and O–H groups in total. The molecule has 2 rings (SSSR count). The molecule has 16 heavy (non-hydrogen) atoms. The topological polar surface area (TPSA) is 58.1 Å². The van der Waals surface area contributed by atoms with Gasteiger partial charge in [0.2, 0.25) is 0 Å². The van der Waals surface area contributed by atoms with Crippen molar-refractivity contribution in [3.8, 4) is 0 Å². The predicted octanol–water partition coefficient (Wildman–Crippen LogP) is 1.41. The summed E-state index contributed by atoms with van der Waals surface area (Å²) in [7, 11) is 3.26. The Morgan fingerprint density at radius 3 is 2.81 bits per heavy atom. The quantitative estimate of drug-likeness (QED) is 0.784. The van der Waals surface area contributed by atoms with Crippen LogP contribution >= 0.6 is 0 Å². The van der Waals surface area contributed by atoms with E-state index in [0.29, 0.717) is 5.82 Å². The molecule has 0 saturated carbocycles. The summed E-state index contributed by atoms with van der Waals surface area (Å²) in [6, 6.07) is 7.37. The maximum absolute atomic E-state index is 11.5. The number of hydrogen-bond donors (Lipinski definition) is 1. The molecular formula is C11H12N4O. The Morgan fingerprint density at radius 2 is 2.06 bits per heavy atom. The van der Waals surface area contributed by atoms with E-state index in [0.717, 1.165) is 10.9 Å². The SMILES string of the molecule is CNC(=O)N(C)c1ncnc2ccccc12. The molecule has 5 nitrogen and oxygen atoms in total. The minimum atomic E-state index is -0.205. The Balaban J connectivity index is 2.56. The molecule has 0 bridgehead atoms. The van der Waals surface area contributed by atoms with Crippen LogP contribution in [0.25, 0.3) is 10.9 Å². The van der Waals surface area contributed by atoms with Gasteiger partial charge in [-0.15, -0.1) is 0 Å². The molecular weight excluding hydrogens is 204 g/mol. The Morgan fingerprint density at radius 1 is 1.31 bits per heavy atom. The second-order valence-corrected chi connectivity index (χ2v) is 3.33. The van der Waals surface area contributed by atoms with Gasteiger partial charge in [-0.3, -0.25) is 4.90 Å². The summed E-state index contributed by atoms with van der Waals surface area (Å²) >= 11 is 0. The molecule has 1 aromatic carbocycles. The molecule has 0 atom stereocenters. The number of nitrogens with zero attached hydrogens (tertiary/aromatic N) is 3. The van der Waals surface area contributed by atoms with Crippen LogP contribution in [0, 0.1) is 0 Å². The highest BCUT2D eigenvalue weighted by Crippen LogP contribution is 2.21. The van der Waals surface area contributed by atoms with Gasteiger partial charge in [0.1, 0.15) is 12.1 Å². The predicted molar refractivity (Wildman–Crippen MR) is 62.4 cm³/mol. The minimum absolute atomic E-state index is 0.205. The highest BCUT2D eigenvalue weighted by molar-refractivity contribution is 5.99. The monoisotopic (exact) mass is 216 g/mol. The molecule has 0 spiro atoms. The third kappa shape index (κ3) is 1.67. The van der Waals surface area contributed by atoms with Crippen molar-refractivity contribution in [2.45, 2.75) is 0 Å². The van der Waals surface area contributed by atoms with Crippen LogP contribution in [0.15, 0.2) is 30.6 Å². The second kappa shape index (κ2) is 4.14. The number of fused-ring (bicyclic) bond motifs is 1. The molecule has 1 aromatic heterocycles. The van der Waals surface area contributed by atoms with Crippen LogP contribution in [0.2, 0.25) is 0 Å². The highest BCUT2D eigenvalue weighted by atomic mass is 16.2. The summed E-state index contributed by atoms with van der Waals surface area (Å²) in [5.41, 5.74) is 0.822. The van der Waals surface area contributed by atoms with Gasteiger partial charge in [0, 0.05) is 19.5 Å². The van der Waals surface area contributed by atoms with Gasteiger partial charge in [0.15, 0.2) is 0 Å². The standard InChI is InChI=1S/C11H12N4O/c1-12-11(16)15(2)10-8-5-3-4-6-9(8)13-7-14-10/h3-7H,1-2H3,(H,12,16). The first kappa shape index (κ1) is 10.4. The summed E-state index contributed by atoms with van der Waals surface area (Å²) in [6.45, 7) is 0. The first-order valence-electron chi connectivity index (χ1n) is 4.89. The van der Waals surface area contributed by atoms with Crippen molar-refractivity contribution >= 4 is 22.8 Å². The van der Waals surface area contributed by atoms with E-state index in [1.165, 1.54) is 11.2 Å². The number of benzene rings is 1. The summed E-state index contributed by atoms with van der Waals surface area (Å²) in [4.78, 5) is 21.2. The fourth-order valence-electron chi connectivity index (χ4n) is 1.52. The van der Waals surface area contributed by atoms with Crippen molar-refractivity contribution in [3.05, 3.63) is 30.6 Å². The van der Waals surface area contributed by atoms with Crippen LogP contribution in [-0.2, 0) is 0 Å². The van der Waals surface area contributed by atoms with Gasteiger partial charge >= 0.3 is 6.03 Å². The third-order valence-corrected chi connectivity index (χ3v) is 2.36. The average molecular weight is 216 g/mol. The molecule has 0 fully saturated rings. The van der Waals surface area contributed by atoms with Crippen molar-refractivity contribution < 1.29 is 4.79 Å². The van der Waals surface area contributed by atoms with E-state index < -0.39 is 0 Å². The van der Waals surface area contributed by atoms with Crippen LogP contribution in [0.1, 0.15) is 0 Å². The van der Waals surface area contributed by atoms with Crippen LogP contribution in [0.3, 0.4) is 0 Å². The highest BCUT2D eigenvalue weighted by Gasteiger charge is 2.13. The van der Waals surface area contributed by atoms with E-state index in [-0.39, 0.29) is 6.03 Å². The van der Waals surface area contributed by atoms with Crippen LogP contribution in [0.5, 0.6) is 0 Å². The maximum atomic E-state index is 11.5. The Labute approximate surface area is 93.1 Å². The molecule has 0 radical (unpaired) electrons. The fourth-order valence-corrected chi connectivity index (χ4v) is 1.52. The van der Waals surface area contributed by atoms with E-state index in [2.05, 4.69) is 15.3 Å². The first-order chi connectivity index (χ1) is 7.74. The van der Waals surface area contributed by atoms with E-state index in [1.807, 2.05) is 24.3 Å². The molecule has 0 saturated heterocycles. The zero-order chi connectivity index (χ0) is 11.5. The second-order valence-electron chi connectivity index (χ2n) is 3.33. The average Bonchev–Trinajstić information content (AvgIpc) is 2.36. The molecule has 0 aliphatic carbocycles. The van der Waals surface area contributed by atoms with E-state index in [9.17, 15) is 4.79 Å². The van der Waals surface area contributed by atoms with Gasteiger partial charge in [-0.25, -0.2) is 14.8 Å². The lowest BCUT2D eigenvalue weighted by molar-refractivity contribution is 0.249. The number of nitrogens with one attached hydrogen (secondary N) is 1. The van der Waals surface area contributed by atoms with Gasteiger partial charge in [-0.2, -0.15) is 0 Å². The van der Waals surface area contributed by atoms with Crippen LogP contribution in [-0.4, -0.2) is 30.1 Å². The zero-order valence-electron chi connectivity index (χ0n) is 9.14. The van der Waals surface area contributed by atoms with Crippen molar-refractivity contribution in [3.63, 3.8) is 0 Å². The molecule has 2 amide bonds. The molecule has 0 aliphatic heterocycles. The summed E-state index contributed by atoms with van der Waals surface area (Å²) in [6.07, 6.45) is 1.46. The van der Waals surface area contributed by atoms with Crippen molar-refractivity contribution in [1.29, 1.82) is 0 Å². The van der Waals surface area contributed by atoms with Crippen molar-refractivity contribution in [2.75, 3.05) is 19.0 Å². The Kier molecular flexibility index (Phi) is 2.68. The summed E-state index contributed by atoms with van der Waals surface area (Å²) in [5.74, 6) is 0.602. The summed E-state index contributed by atoms with van der Waals surface area (Å²) in [5, 5.41) is 3.41. The molecule has 0 unspecified atom stereocenters. The Hall–Kier alpha value is -2.17. The molecule has 5 heteroatoms. The van der Waals surface area contributed by atoms with Gasteiger partial charge in [0.05, 0.1) is 5.52 Å². The van der Waals surface area contributed by atoms with Crippen LogP contribution < -0.4 is 10.2 Å². The molecule has 2 aromatic rings. The zero-order valence-corrected chi connectivity index (χ0v) is 9.14. The molecule has 82 valence electrons. The van der Waals surface area contributed by atoms with Crippen molar-refractivity contribution in [2.24, 2.45) is 0 Å². The fraction of sp³-hybridized carbons (Fsp3) is 0.182. The minimum Gasteiger partial charge on any atom is -0.341 e. The largest absolute Gasteiger partial charge is 0.341 e. The van der Waals surface area contributed by atoms with E-state index >= 15 is 0 Å². The third-order valence-electron chi connectivity index (χ3n) is 2.36. The van der Waals surface area contributed by atoms with Crippen molar-refractivity contribution in [1.82, 2.24) is 15.3 Å².